The van der Waals surface area contributed by atoms with Gasteiger partial charge in [0.05, 0.1) is 12.3 Å². The van der Waals surface area contributed by atoms with Crippen molar-refractivity contribution in [3.8, 4) is 0 Å². The van der Waals surface area contributed by atoms with E-state index >= 15 is 0 Å². The molecule has 0 aliphatic heterocycles. The number of hydrazine groups is 1. The number of nitrogens with zero attached hydrogens (tertiary/aromatic N) is 1. The second-order valence-electron chi connectivity index (χ2n) is 4.52. The molecule has 98 valence electrons. The number of rotatable bonds is 5. The van der Waals surface area contributed by atoms with Gasteiger partial charge in [-0.15, -0.1) is 0 Å². The molecule has 5 heteroatoms. The number of nitrogens with two attached hydrogens (primary N) is 2. The van der Waals surface area contributed by atoms with Crippen LogP contribution in [0, 0.1) is 5.92 Å². The number of carbonyl (C=O) groups excluding carboxylic acids is 1. The summed E-state index contributed by atoms with van der Waals surface area (Å²) in [5, 5.41) is 1.57. The molecule has 4 N–H and O–H groups in total. The van der Waals surface area contributed by atoms with Crippen LogP contribution < -0.4 is 11.6 Å². The number of carbonyl (C=O) groups is 1. The second kappa shape index (κ2) is 6.49. The molecule has 0 atom stereocenters. The summed E-state index contributed by atoms with van der Waals surface area (Å²) in [7, 11) is 0. The van der Waals surface area contributed by atoms with Gasteiger partial charge in [0, 0.05) is 6.54 Å². The summed E-state index contributed by atoms with van der Waals surface area (Å²) in [6.07, 6.45) is 4.96. The Morgan fingerprint density at radius 1 is 1.41 bits per heavy atom. The van der Waals surface area contributed by atoms with E-state index in [9.17, 15) is 4.79 Å². The summed E-state index contributed by atoms with van der Waals surface area (Å²) in [4.78, 5) is 11.4. The van der Waals surface area contributed by atoms with Crippen LogP contribution in [-0.4, -0.2) is 24.1 Å². The lowest BCUT2D eigenvalue weighted by Crippen LogP contribution is -2.36. The maximum Gasteiger partial charge on any atom is 0.356 e. The summed E-state index contributed by atoms with van der Waals surface area (Å²) >= 11 is 0. The molecule has 1 rings (SSSR count). The molecule has 0 aromatic rings. The van der Waals surface area contributed by atoms with E-state index in [4.69, 9.17) is 16.3 Å². The van der Waals surface area contributed by atoms with E-state index in [-0.39, 0.29) is 5.70 Å². The van der Waals surface area contributed by atoms with Gasteiger partial charge in [0.2, 0.25) is 0 Å². The Kier molecular flexibility index (Phi) is 5.28. The lowest BCUT2D eigenvalue weighted by Gasteiger charge is -2.23. The molecule has 0 radical (unpaired) electrons. The van der Waals surface area contributed by atoms with Crippen LogP contribution in [0.1, 0.15) is 39.5 Å². The van der Waals surface area contributed by atoms with Crippen LogP contribution in [0.15, 0.2) is 11.4 Å². The van der Waals surface area contributed by atoms with Crippen LogP contribution in [0.5, 0.6) is 0 Å². The van der Waals surface area contributed by atoms with E-state index in [1.165, 1.54) is 25.7 Å². The highest BCUT2D eigenvalue weighted by molar-refractivity contribution is 5.88. The Bertz CT molecular complexity index is 296. The molecule has 1 aliphatic carbocycles. The highest BCUT2D eigenvalue weighted by atomic mass is 16.5. The molecule has 0 spiro atoms. The highest BCUT2D eigenvalue weighted by Gasteiger charge is 2.19. The third kappa shape index (κ3) is 3.93. The molecule has 0 aromatic heterocycles. The molecule has 0 amide bonds. The van der Waals surface area contributed by atoms with Gasteiger partial charge >= 0.3 is 5.97 Å². The summed E-state index contributed by atoms with van der Waals surface area (Å²) in [6, 6.07) is 0. The first-order chi connectivity index (χ1) is 8.06. The molecule has 17 heavy (non-hydrogen) atoms. The zero-order valence-electron chi connectivity index (χ0n) is 10.7. The molecule has 0 heterocycles. The minimum absolute atomic E-state index is 0.104. The first kappa shape index (κ1) is 13.8. The van der Waals surface area contributed by atoms with Crippen LogP contribution in [-0.2, 0) is 9.53 Å². The molecular weight excluding hydrogens is 218 g/mol. The van der Waals surface area contributed by atoms with Gasteiger partial charge in [-0.25, -0.2) is 10.6 Å². The monoisotopic (exact) mass is 241 g/mol. The normalized spacial score (nSPS) is 17.8. The zero-order valence-corrected chi connectivity index (χ0v) is 10.7. The van der Waals surface area contributed by atoms with Crippen molar-refractivity contribution in [1.29, 1.82) is 0 Å². The second-order valence-corrected chi connectivity index (χ2v) is 4.52. The van der Waals surface area contributed by atoms with Crippen LogP contribution in [0.2, 0.25) is 0 Å². The topological polar surface area (TPSA) is 81.6 Å². The van der Waals surface area contributed by atoms with E-state index in [1.807, 2.05) is 0 Å². The Morgan fingerprint density at radius 2 is 2.00 bits per heavy atom. The van der Waals surface area contributed by atoms with Gasteiger partial charge in [-0.1, -0.05) is 12.8 Å². The molecule has 0 saturated heterocycles. The molecule has 1 saturated carbocycles. The van der Waals surface area contributed by atoms with Crippen molar-refractivity contribution < 1.29 is 9.53 Å². The fourth-order valence-electron chi connectivity index (χ4n) is 2.12. The SMILES string of the molecule is CCOC(=O)/C(N)=C(\C)N(N)CC1CCCC1. The van der Waals surface area contributed by atoms with E-state index in [0.717, 1.165) is 6.54 Å². The smallest absolute Gasteiger partial charge is 0.356 e. The maximum atomic E-state index is 11.4. The average molecular weight is 241 g/mol. The van der Waals surface area contributed by atoms with Crippen molar-refractivity contribution in [3.05, 3.63) is 11.4 Å². The lowest BCUT2D eigenvalue weighted by atomic mass is 10.1. The third-order valence-corrected chi connectivity index (χ3v) is 3.25. The predicted molar refractivity (Wildman–Crippen MR) is 66.4 cm³/mol. The molecule has 0 unspecified atom stereocenters. The van der Waals surface area contributed by atoms with Crippen LogP contribution in [0.25, 0.3) is 0 Å². The Balaban J connectivity index is 2.56. The Morgan fingerprint density at radius 3 is 2.53 bits per heavy atom. The van der Waals surface area contributed by atoms with E-state index < -0.39 is 5.97 Å². The molecular formula is C12H23N3O2. The first-order valence-corrected chi connectivity index (χ1v) is 6.22. The number of allylic oxidation sites excluding steroid dienone is 1. The van der Waals surface area contributed by atoms with Crippen molar-refractivity contribution in [1.82, 2.24) is 5.01 Å². The van der Waals surface area contributed by atoms with Gasteiger partial charge in [0.15, 0.2) is 0 Å². The van der Waals surface area contributed by atoms with Gasteiger partial charge in [0.25, 0.3) is 0 Å². The standard InChI is InChI=1S/C12H23N3O2/c1-3-17-12(16)11(13)9(2)15(14)8-10-6-4-5-7-10/h10H,3-8,13-14H2,1-2H3/b11-9-. The van der Waals surface area contributed by atoms with Gasteiger partial charge in [0.1, 0.15) is 5.70 Å². The number of esters is 1. The van der Waals surface area contributed by atoms with Crippen molar-refractivity contribution >= 4 is 5.97 Å². The molecule has 0 aromatic carbocycles. The van der Waals surface area contributed by atoms with Crippen molar-refractivity contribution in [2.24, 2.45) is 17.5 Å². The molecule has 5 nitrogen and oxygen atoms in total. The maximum absolute atomic E-state index is 11.4. The molecule has 1 fully saturated rings. The van der Waals surface area contributed by atoms with Gasteiger partial charge < -0.3 is 15.5 Å². The predicted octanol–water partition coefficient (Wildman–Crippen LogP) is 1.11. The number of hydrogen-bond donors (Lipinski definition) is 2. The largest absolute Gasteiger partial charge is 0.461 e. The van der Waals surface area contributed by atoms with Crippen LogP contribution in [0.4, 0.5) is 0 Å². The van der Waals surface area contributed by atoms with Gasteiger partial charge in [-0.05, 0) is 32.6 Å². The average Bonchev–Trinajstić information content (AvgIpc) is 2.80. The van der Waals surface area contributed by atoms with Crippen molar-refractivity contribution in [2.45, 2.75) is 39.5 Å². The number of ether oxygens (including phenoxy) is 1. The van der Waals surface area contributed by atoms with Crippen LogP contribution in [0.3, 0.4) is 0 Å². The minimum Gasteiger partial charge on any atom is -0.461 e. The summed E-state index contributed by atoms with van der Waals surface area (Å²) < 4.78 is 4.84. The van der Waals surface area contributed by atoms with Gasteiger partial charge in [-0.2, -0.15) is 0 Å². The summed E-state index contributed by atoms with van der Waals surface area (Å²) in [6.45, 7) is 4.58. The zero-order chi connectivity index (χ0) is 12.8. The van der Waals surface area contributed by atoms with Crippen LogP contribution >= 0.6 is 0 Å². The third-order valence-electron chi connectivity index (χ3n) is 3.25. The Hall–Kier alpha value is -1.23. The molecule has 0 bridgehead atoms. The van der Waals surface area contributed by atoms with Crippen molar-refractivity contribution in [2.75, 3.05) is 13.2 Å². The fraction of sp³-hybridized carbons (Fsp3) is 0.750. The summed E-state index contributed by atoms with van der Waals surface area (Å²) in [5.74, 6) is 6.04. The quantitative estimate of drug-likeness (QED) is 0.326. The molecule has 1 aliphatic rings. The lowest BCUT2D eigenvalue weighted by molar-refractivity contribution is -0.138. The minimum atomic E-state index is -0.494. The highest BCUT2D eigenvalue weighted by Crippen LogP contribution is 2.25. The first-order valence-electron chi connectivity index (χ1n) is 6.22. The number of hydrogen-bond acceptors (Lipinski definition) is 5. The van der Waals surface area contributed by atoms with Gasteiger partial charge in [-0.3, -0.25) is 0 Å². The van der Waals surface area contributed by atoms with E-state index in [1.54, 1.807) is 18.9 Å². The van der Waals surface area contributed by atoms with Crippen molar-refractivity contribution in [3.63, 3.8) is 0 Å². The van der Waals surface area contributed by atoms with E-state index in [2.05, 4.69) is 0 Å². The summed E-state index contributed by atoms with van der Waals surface area (Å²) in [5.41, 5.74) is 6.40. The Labute approximate surface area is 103 Å². The van der Waals surface area contributed by atoms with E-state index in [0.29, 0.717) is 18.2 Å². The fourth-order valence-corrected chi connectivity index (χ4v) is 2.12.